The van der Waals surface area contributed by atoms with Crippen LogP contribution in [0.4, 0.5) is 4.79 Å². The van der Waals surface area contributed by atoms with E-state index in [0.29, 0.717) is 12.0 Å². The summed E-state index contributed by atoms with van der Waals surface area (Å²) in [7, 11) is 1.21. The Labute approximate surface area is 189 Å². The molecule has 2 aliphatic rings. The van der Waals surface area contributed by atoms with Crippen molar-refractivity contribution in [2.24, 2.45) is 23.7 Å². The maximum absolute atomic E-state index is 13.3. The number of rotatable bonds is 6. The molecular formula is C22H25BrN2O6. The highest BCUT2D eigenvalue weighted by molar-refractivity contribution is 9.10. The average molecular weight is 493 g/mol. The largest absolute Gasteiger partial charge is 0.457 e. The van der Waals surface area contributed by atoms with Gasteiger partial charge in [0.15, 0.2) is 12.4 Å². The van der Waals surface area contributed by atoms with Gasteiger partial charge < -0.3 is 9.47 Å². The molecule has 1 fully saturated rings. The predicted octanol–water partition coefficient (Wildman–Crippen LogP) is 3.12. The number of hydrogen-bond donors (Lipinski definition) is 1. The lowest BCUT2D eigenvalue weighted by molar-refractivity contribution is -0.156. The highest BCUT2D eigenvalue weighted by atomic mass is 79.9. The summed E-state index contributed by atoms with van der Waals surface area (Å²) in [5.74, 6) is -2.93. The highest BCUT2D eigenvalue weighted by Crippen LogP contribution is 2.49. The smallest absolute Gasteiger partial charge is 0.425 e. The molecule has 4 atom stereocenters. The van der Waals surface area contributed by atoms with Crippen molar-refractivity contribution in [3.05, 3.63) is 46.5 Å². The van der Waals surface area contributed by atoms with Crippen molar-refractivity contribution in [3.8, 4) is 0 Å². The second-order valence-electron chi connectivity index (χ2n) is 7.94. The van der Waals surface area contributed by atoms with Crippen molar-refractivity contribution in [1.29, 1.82) is 0 Å². The van der Waals surface area contributed by atoms with Crippen LogP contribution in [0.25, 0.3) is 0 Å². The van der Waals surface area contributed by atoms with Gasteiger partial charge in [-0.25, -0.2) is 15.2 Å². The van der Waals surface area contributed by atoms with E-state index in [4.69, 9.17) is 4.74 Å². The fourth-order valence-corrected chi connectivity index (χ4v) is 4.44. The number of ether oxygens (including phenoxy) is 2. The van der Waals surface area contributed by atoms with Crippen LogP contribution < -0.4 is 5.43 Å². The summed E-state index contributed by atoms with van der Waals surface area (Å²) in [6, 6.07) is 6.42. The normalized spacial score (nSPS) is 23.5. The third-order valence-corrected chi connectivity index (χ3v) is 6.21. The van der Waals surface area contributed by atoms with Crippen LogP contribution in [-0.2, 0) is 19.1 Å². The van der Waals surface area contributed by atoms with Crippen LogP contribution in [0.1, 0.15) is 30.6 Å². The lowest BCUT2D eigenvalue weighted by atomic mass is 9.82. The number of ketones is 1. The van der Waals surface area contributed by atoms with Gasteiger partial charge in [-0.05, 0) is 44.2 Å². The van der Waals surface area contributed by atoms with Crippen molar-refractivity contribution < 1.29 is 28.7 Å². The summed E-state index contributed by atoms with van der Waals surface area (Å²) >= 11 is 3.31. The fraction of sp³-hybridized carbons (Fsp3) is 0.455. The van der Waals surface area contributed by atoms with Gasteiger partial charge in [-0.3, -0.25) is 14.4 Å². The zero-order valence-electron chi connectivity index (χ0n) is 17.5. The van der Waals surface area contributed by atoms with E-state index in [1.54, 1.807) is 38.1 Å². The number of carbonyl (C=O) groups excluding carboxylic acids is 4. The number of hydrazine groups is 1. The molecule has 2 amide bonds. The minimum atomic E-state index is -0.764. The number of allylic oxidation sites excluding steroid dienone is 2. The van der Waals surface area contributed by atoms with Crippen molar-refractivity contribution in [3.63, 3.8) is 0 Å². The summed E-state index contributed by atoms with van der Waals surface area (Å²) in [6.45, 7) is 3.11. The van der Waals surface area contributed by atoms with Crippen LogP contribution in [0.2, 0.25) is 0 Å². The van der Waals surface area contributed by atoms with Gasteiger partial charge in [-0.15, -0.1) is 0 Å². The summed E-state index contributed by atoms with van der Waals surface area (Å²) in [4.78, 5) is 50.2. The Bertz CT molecular complexity index is 898. The SMILES string of the molecule is COC(=O)NN(C(=O)C1C2C=CC(C2)[C@@H]1C(=O)OCC(=O)c1ccc(Br)cc1)C(C)C. The van der Waals surface area contributed by atoms with Gasteiger partial charge in [0.1, 0.15) is 0 Å². The Morgan fingerprint density at radius 1 is 1.10 bits per heavy atom. The van der Waals surface area contributed by atoms with Crippen LogP contribution in [0.5, 0.6) is 0 Å². The van der Waals surface area contributed by atoms with Crippen molar-refractivity contribution in [1.82, 2.24) is 10.4 Å². The second-order valence-corrected chi connectivity index (χ2v) is 8.86. The number of esters is 1. The first-order valence-electron chi connectivity index (χ1n) is 10.0. The molecule has 8 nitrogen and oxygen atoms in total. The van der Waals surface area contributed by atoms with Crippen LogP contribution in [-0.4, -0.2) is 48.5 Å². The van der Waals surface area contributed by atoms with E-state index in [1.165, 1.54) is 12.1 Å². The molecule has 166 valence electrons. The van der Waals surface area contributed by atoms with Gasteiger partial charge >= 0.3 is 12.1 Å². The molecule has 9 heteroatoms. The maximum Gasteiger partial charge on any atom is 0.425 e. The van der Waals surface area contributed by atoms with E-state index >= 15 is 0 Å². The van der Waals surface area contributed by atoms with Crippen molar-refractivity contribution >= 4 is 39.7 Å². The van der Waals surface area contributed by atoms with Crippen molar-refractivity contribution in [2.75, 3.05) is 13.7 Å². The molecule has 2 aliphatic carbocycles. The van der Waals surface area contributed by atoms with Crippen LogP contribution in [0.3, 0.4) is 0 Å². The molecule has 0 aromatic heterocycles. The van der Waals surface area contributed by atoms with Gasteiger partial charge in [0.25, 0.3) is 0 Å². The summed E-state index contributed by atoms with van der Waals surface area (Å²) < 4.78 is 10.8. The average Bonchev–Trinajstić information content (AvgIpc) is 3.37. The molecule has 1 saturated carbocycles. The Hall–Kier alpha value is -2.68. The van der Waals surface area contributed by atoms with E-state index in [2.05, 4.69) is 26.1 Å². The van der Waals surface area contributed by atoms with Crippen LogP contribution in [0, 0.1) is 23.7 Å². The van der Waals surface area contributed by atoms with E-state index in [1.807, 2.05) is 12.2 Å². The monoisotopic (exact) mass is 492 g/mol. The molecule has 2 bridgehead atoms. The number of Topliss-reactive ketones (excluding diaryl/α,β-unsaturated/α-hetero) is 1. The number of carbonyl (C=O) groups is 4. The number of nitrogens with zero attached hydrogens (tertiary/aromatic N) is 1. The Morgan fingerprint density at radius 3 is 2.29 bits per heavy atom. The summed E-state index contributed by atoms with van der Waals surface area (Å²) in [5, 5.41) is 1.19. The molecule has 0 radical (unpaired) electrons. The second kappa shape index (κ2) is 9.64. The Kier molecular flexibility index (Phi) is 7.15. The first kappa shape index (κ1) is 23.0. The molecule has 1 N–H and O–H groups in total. The summed E-state index contributed by atoms with van der Waals surface area (Å²) in [5.41, 5.74) is 2.86. The molecule has 1 aromatic rings. The van der Waals surface area contributed by atoms with Gasteiger partial charge in [-0.2, -0.15) is 0 Å². The standard InChI is InChI=1S/C22H25BrN2O6/c1-12(2)25(24-22(29)30-3)20(27)18-14-4-5-15(10-14)19(18)21(28)31-11-17(26)13-6-8-16(23)9-7-13/h4-9,12,14-15,18-19H,10-11H2,1-3H3,(H,24,29)/t14?,15?,18?,19-/m0/s1. The summed E-state index contributed by atoms with van der Waals surface area (Å²) in [6.07, 6.45) is 3.74. The zero-order chi connectivity index (χ0) is 22.7. The molecule has 31 heavy (non-hydrogen) atoms. The lowest BCUT2D eigenvalue weighted by Crippen LogP contribution is -2.54. The minimum absolute atomic E-state index is 0.127. The first-order valence-corrected chi connectivity index (χ1v) is 10.8. The number of halogens is 1. The van der Waals surface area contributed by atoms with Crippen LogP contribution >= 0.6 is 15.9 Å². The number of nitrogens with one attached hydrogen (secondary N) is 1. The topological polar surface area (TPSA) is 102 Å². The fourth-order valence-electron chi connectivity index (χ4n) is 4.18. The molecule has 0 spiro atoms. The number of methoxy groups -OCH3 is 1. The number of fused-ring (bicyclic) bond motifs is 2. The van der Waals surface area contributed by atoms with Gasteiger partial charge in [0, 0.05) is 16.1 Å². The first-order chi connectivity index (χ1) is 14.7. The predicted molar refractivity (Wildman–Crippen MR) is 115 cm³/mol. The molecule has 3 rings (SSSR count). The van der Waals surface area contributed by atoms with E-state index in [0.717, 1.165) is 4.47 Å². The zero-order valence-corrected chi connectivity index (χ0v) is 19.1. The van der Waals surface area contributed by atoms with E-state index in [9.17, 15) is 19.2 Å². The number of hydrogen-bond acceptors (Lipinski definition) is 6. The molecule has 3 unspecified atom stereocenters. The minimum Gasteiger partial charge on any atom is -0.457 e. The Balaban J connectivity index is 1.71. The number of amides is 2. The van der Waals surface area contributed by atoms with Gasteiger partial charge in [0.2, 0.25) is 5.91 Å². The molecule has 0 heterocycles. The van der Waals surface area contributed by atoms with E-state index in [-0.39, 0.29) is 29.6 Å². The van der Waals surface area contributed by atoms with Gasteiger partial charge in [-0.1, -0.05) is 40.2 Å². The van der Waals surface area contributed by atoms with Gasteiger partial charge in [0.05, 0.1) is 18.9 Å². The molecule has 0 aliphatic heterocycles. The Morgan fingerprint density at radius 2 is 1.71 bits per heavy atom. The van der Waals surface area contributed by atoms with Crippen LogP contribution in [0.15, 0.2) is 40.9 Å². The highest BCUT2D eigenvalue weighted by Gasteiger charge is 2.53. The molecular weight excluding hydrogens is 468 g/mol. The molecule has 0 saturated heterocycles. The third kappa shape index (κ3) is 4.98. The van der Waals surface area contributed by atoms with E-state index < -0.39 is 30.5 Å². The maximum atomic E-state index is 13.3. The molecule has 1 aromatic carbocycles. The quantitative estimate of drug-likeness (QED) is 0.283. The number of benzene rings is 1. The van der Waals surface area contributed by atoms with Crippen molar-refractivity contribution in [2.45, 2.75) is 26.3 Å². The third-order valence-electron chi connectivity index (χ3n) is 5.68. The lowest BCUT2D eigenvalue weighted by Gasteiger charge is -2.33.